The molecule has 0 aliphatic rings. The van der Waals surface area contributed by atoms with Crippen LogP contribution in [0.25, 0.3) is 16.7 Å². The van der Waals surface area contributed by atoms with Crippen LogP contribution in [-0.2, 0) is 7.05 Å². The molecule has 0 unspecified atom stereocenters. The third kappa shape index (κ3) is 2.30. The van der Waals surface area contributed by atoms with Crippen molar-refractivity contribution in [3.8, 4) is 5.69 Å². The molecule has 3 aromatic rings. The summed E-state index contributed by atoms with van der Waals surface area (Å²) >= 11 is 0. The fourth-order valence-corrected chi connectivity index (χ4v) is 2.35. The maximum absolute atomic E-state index is 12.4. The molecule has 2 aromatic heterocycles. The predicted molar refractivity (Wildman–Crippen MR) is 81.9 cm³/mol. The van der Waals surface area contributed by atoms with Gasteiger partial charge in [-0.2, -0.15) is 0 Å². The molecule has 0 atom stereocenters. The average Bonchev–Trinajstić information content (AvgIpc) is 2.78. The third-order valence-electron chi connectivity index (χ3n) is 3.39. The number of hydrogen-bond donors (Lipinski definition) is 2. The fraction of sp³-hybridized carbons (Fsp3) is 0.200. The Morgan fingerprint density at radius 1 is 1.19 bits per heavy atom. The Hall–Kier alpha value is -2.60. The molecule has 0 saturated heterocycles. The van der Waals surface area contributed by atoms with Crippen LogP contribution in [0.5, 0.6) is 0 Å². The van der Waals surface area contributed by atoms with E-state index in [0.29, 0.717) is 18.1 Å². The van der Waals surface area contributed by atoms with Gasteiger partial charge in [-0.3, -0.25) is 9.13 Å². The monoisotopic (exact) mass is 284 g/mol. The van der Waals surface area contributed by atoms with Gasteiger partial charge in [-0.15, -0.1) is 0 Å². The lowest BCUT2D eigenvalue weighted by Crippen LogP contribution is -2.21. The van der Waals surface area contributed by atoms with Crippen molar-refractivity contribution in [2.75, 3.05) is 18.5 Å². The average molecular weight is 284 g/mol. The molecule has 0 radical (unpaired) electrons. The molecule has 1 aromatic carbocycles. The Labute approximate surface area is 121 Å². The van der Waals surface area contributed by atoms with Crippen LogP contribution in [0, 0.1) is 0 Å². The number of pyridine rings is 1. The molecule has 2 N–H and O–H groups in total. The van der Waals surface area contributed by atoms with Crippen LogP contribution >= 0.6 is 0 Å². The van der Waals surface area contributed by atoms with Gasteiger partial charge in [0.2, 0.25) is 0 Å². The van der Waals surface area contributed by atoms with Gasteiger partial charge >= 0.3 is 5.69 Å². The molecule has 0 amide bonds. The number of anilines is 1. The SMILES string of the molecule is Cn1c(=O)n(-c2ccc(NCCO)nc2)c2ccccc21. The lowest BCUT2D eigenvalue weighted by atomic mass is 10.3. The first-order chi connectivity index (χ1) is 10.2. The van der Waals surface area contributed by atoms with Crippen molar-refractivity contribution in [3.05, 3.63) is 53.1 Å². The summed E-state index contributed by atoms with van der Waals surface area (Å²) in [5, 5.41) is 11.8. The highest BCUT2D eigenvalue weighted by molar-refractivity contribution is 5.77. The molecule has 21 heavy (non-hydrogen) atoms. The Balaban J connectivity index is 2.08. The number of hydrogen-bond acceptors (Lipinski definition) is 4. The zero-order valence-corrected chi connectivity index (χ0v) is 11.7. The van der Waals surface area contributed by atoms with Crippen LogP contribution in [0.4, 0.5) is 5.82 Å². The number of nitrogens with zero attached hydrogens (tertiary/aromatic N) is 3. The van der Waals surface area contributed by atoms with E-state index < -0.39 is 0 Å². The summed E-state index contributed by atoms with van der Waals surface area (Å²) in [5.74, 6) is 0.668. The summed E-state index contributed by atoms with van der Waals surface area (Å²) < 4.78 is 3.26. The number of nitrogens with one attached hydrogen (secondary N) is 1. The highest BCUT2D eigenvalue weighted by Crippen LogP contribution is 2.17. The van der Waals surface area contributed by atoms with Gasteiger partial charge in [0.25, 0.3) is 0 Å². The number of aryl methyl sites for hydroxylation is 1. The molecule has 0 spiro atoms. The van der Waals surface area contributed by atoms with Gasteiger partial charge in [0.15, 0.2) is 0 Å². The lowest BCUT2D eigenvalue weighted by Gasteiger charge is -2.06. The molecule has 6 nitrogen and oxygen atoms in total. The number of para-hydroxylation sites is 2. The van der Waals surface area contributed by atoms with Gasteiger partial charge in [-0.1, -0.05) is 12.1 Å². The number of benzene rings is 1. The topological polar surface area (TPSA) is 72.1 Å². The van der Waals surface area contributed by atoms with Crippen molar-refractivity contribution in [2.24, 2.45) is 7.05 Å². The van der Waals surface area contributed by atoms with Gasteiger partial charge in [0, 0.05) is 13.6 Å². The molecule has 0 aliphatic heterocycles. The second-order valence-electron chi connectivity index (χ2n) is 4.72. The second kappa shape index (κ2) is 5.41. The number of rotatable bonds is 4. The van der Waals surface area contributed by atoms with Crippen LogP contribution in [0.1, 0.15) is 0 Å². The maximum Gasteiger partial charge on any atom is 0.333 e. The first kappa shape index (κ1) is 13.4. The number of aliphatic hydroxyl groups excluding tert-OH is 1. The quantitative estimate of drug-likeness (QED) is 0.753. The summed E-state index contributed by atoms with van der Waals surface area (Å²) in [6, 6.07) is 11.3. The van der Waals surface area contributed by atoms with Gasteiger partial charge in [-0.25, -0.2) is 9.78 Å². The number of imidazole rings is 1. The molecule has 0 aliphatic carbocycles. The van der Waals surface area contributed by atoms with Crippen LogP contribution in [0.3, 0.4) is 0 Å². The van der Waals surface area contributed by atoms with Gasteiger partial charge in [0.1, 0.15) is 5.82 Å². The van der Waals surface area contributed by atoms with Gasteiger partial charge < -0.3 is 10.4 Å². The number of fused-ring (bicyclic) bond motifs is 1. The minimum atomic E-state index is -0.103. The second-order valence-corrected chi connectivity index (χ2v) is 4.72. The minimum Gasteiger partial charge on any atom is -0.395 e. The summed E-state index contributed by atoms with van der Waals surface area (Å²) in [7, 11) is 1.76. The van der Waals surface area contributed by atoms with E-state index in [1.165, 1.54) is 0 Å². The third-order valence-corrected chi connectivity index (χ3v) is 3.39. The highest BCUT2D eigenvalue weighted by atomic mass is 16.3. The molecule has 6 heteroatoms. The van der Waals surface area contributed by atoms with E-state index in [1.54, 1.807) is 28.4 Å². The smallest absolute Gasteiger partial charge is 0.333 e. The van der Waals surface area contributed by atoms with Crippen molar-refractivity contribution in [1.82, 2.24) is 14.1 Å². The highest BCUT2D eigenvalue weighted by Gasteiger charge is 2.11. The van der Waals surface area contributed by atoms with E-state index in [1.807, 2.05) is 30.3 Å². The van der Waals surface area contributed by atoms with Gasteiger partial charge in [-0.05, 0) is 24.3 Å². The van der Waals surface area contributed by atoms with E-state index in [4.69, 9.17) is 5.11 Å². The van der Waals surface area contributed by atoms with Crippen LogP contribution in [0.2, 0.25) is 0 Å². The Morgan fingerprint density at radius 2 is 1.95 bits per heavy atom. The number of aromatic nitrogens is 3. The molecule has 108 valence electrons. The largest absolute Gasteiger partial charge is 0.395 e. The lowest BCUT2D eigenvalue weighted by molar-refractivity contribution is 0.311. The molecular weight excluding hydrogens is 268 g/mol. The Morgan fingerprint density at radius 3 is 2.62 bits per heavy atom. The standard InChI is InChI=1S/C15H16N4O2/c1-18-12-4-2-3-5-13(12)19(15(18)21)11-6-7-14(17-10-11)16-8-9-20/h2-7,10,20H,8-9H2,1H3,(H,16,17). The maximum atomic E-state index is 12.4. The fourth-order valence-electron chi connectivity index (χ4n) is 2.35. The first-order valence-corrected chi connectivity index (χ1v) is 6.70. The van der Waals surface area contributed by atoms with Crippen LogP contribution in [0.15, 0.2) is 47.4 Å². The first-order valence-electron chi connectivity index (χ1n) is 6.70. The van der Waals surface area contributed by atoms with Gasteiger partial charge in [0.05, 0.1) is 29.5 Å². The van der Waals surface area contributed by atoms with Crippen molar-refractivity contribution in [2.45, 2.75) is 0 Å². The zero-order valence-electron chi connectivity index (χ0n) is 11.7. The Bertz CT molecular complexity index is 818. The van der Waals surface area contributed by atoms with Crippen molar-refractivity contribution in [3.63, 3.8) is 0 Å². The summed E-state index contributed by atoms with van der Waals surface area (Å²) in [5.41, 5.74) is 2.34. The summed E-state index contributed by atoms with van der Waals surface area (Å²) in [6.07, 6.45) is 1.65. The van der Waals surface area contributed by atoms with E-state index in [2.05, 4.69) is 10.3 Å². The molecule has 0 saturated carbocycles. The predicted octanol–water partition coefficient (Wildman–Crippen LogP) is 1.13. The van der Waals surface area contributed by atoms with E-state index in [9.17, 15) is 4.79 Å². The molecule has 0 fully saturated rings. The molecular formula is C15H16N4O2. The van der Waals surface area contributed by atoms with Crippen molar-refractivity contribution >= 4 is 16.9 Å². The number of aliphatic hydroxyl groups is 1. The van der Waals surface area contributed by atoms with Crippen molar-refractivity contribution in [1.29, 1.82) is 0 Å². The van der Waals surface area contributed by atoms with E-state index in [-0.39, 0.29) is 12.3 Å². The molecule has 0 bridgehead atoms. The molecule has 2 heterocycles. The Kier molecular flexibility index (Phi) is 3.45. The normalized spacial score (nSPS) is 11.0. The van der Waals surface area contributed by atoms with E-state index >= 15 is 0 Å². The summed E-state index contributed by atoms with van der Waals surface area (Å²) in [4.78, 5) is 16.7. The van der Waals surface area contributed by atoms with Crippen molar-refractivity contribution < 1.29 is 5.11 Å². The van der Waals surface area contributed by atoms with Crippen LogP contribution in [-0.4, -0.2) is 32.4 Å². The minimum absolute atomic E-state index is 0.0478. The summed E-state index contributed by atoms with van der Waals surface area (Å²) in [6.45, 7) is 0.493. The molecule has 3 rings (SSSR count). The zero-order chi connectivity index (χ0) is 14.8. The van der Waals surface area contributed by atoms with Crippen LogP contribution < -0.4 is 11.0 Å². The van der Waals surface area contributed by atoms with E-state index in [0.717, 1.165) is 11.0 Å².